The fraction of sp³-hybridized carbons (Fsp3) is 0.286. The Morgan fingerprint density at radius 2 is 1.77 bits per heavy atom. The van der Waals surface area contributed by atoms with Gasteiger partial charge in [-0.3, -0.25) is 4.98 Å². The number of hydrogen-bond donors (Lipinski definition) is 1. The molecular formula is C21H25N5. The molecule has 0 spiro atoms. The minimum absolute atomic E-state index is 0.753. The summed E-state index contributed by atoms with van der Waals surface area (Å²) in [6.07, 6.45) is 4.61. The summed E-state index contributed by atoms with van der Waals surface area (Å²) in [7, 11) is 2.06. The summed E-state index contributed by atoms with van der Waals surface area (Å²) >= 11 is 0. The standard InChI is InChI=1S/C21H25N5/c1-16-6-4-5-7-19(16)15-23-20-14-21(25-17(2)24-20)26(3)13-10-18-8-11-22-12-9-18/h4-9,11-12,14H,10,13,15H2,1-3H3,(H,23,24,25). The zero-order chi connectivity index (χ0) is 18.4. The maximum Gasteiger partial charge on any atom is 0.134 e. The number of aromatic nitrogens is 3. The van der Waals surface area contributed by atoms with Crippen LogP contribution >= 0.6 is 0 Å². The topological polar surface area (TPSA) is 53.9 Å². The number of benzene rings is 1. The molecule has 3 aromatic rings. The molecule has 5 nitrogen and oxygen atoms in total. The lowest BCUT2D eigenvalue weighted by Crippen LogP contribution is -2.22. The average Bonchev–Trinajstić information content (AvgIpc) is 2.66. The second-order valence-corrected chi connectivity index (χ2v) is 6.47. The van der Waals surface area contributed by atoms with Crippen LogP contribution < -0.4 is 10.2 Å². The first-order chi connectivity index (χ1) is 12.6. The van der Waals surface area contributed by atoms with E-state index in [-0.39, 0.29) is 0 Å². The van der Waals surface area contributed by atoms with Crippen molar-refractivity contribution in [1.29, 1.82) is 0 Å². The molecule has 1 N–H and O–H groups in total. The Bertz CT molecular complexity index is 848. The van der Waals surface area contributed by atoms with E-state index in [4.69, 9.17) is 0 Å². The first kappa shape index (κ1) is 17.9. The predicted molar refractivity (Wildman–Crippen MR) is 106 cm³/mol. The molecule has 0 saturated carbocycles. The van der Waals surface area contributed by atoms with Gasteiger partial charge in [0.05, 0.1) is 0 Å². The first-order valence-corrected chi connectivity index (χ1v) is 8.86. The minimum Gasteiger partial charge on any atom is -0.366 e. The molecule has 3 rings (SSSR count). The quantitative estimate of drug-likeness (QED) is 0.705. The van der Waals surface area contributed by atoms with Crippen molar-refractivity contribution in [3.8, 4) is 0 Å². The van der Waals surface area contributed by atoms with Crippen molar-refractivity contribution >= 4 is 11.6 Å². The maximum atomic E-state index is 4.58. The molecule has 1 aromatic carbocycles. The fourth-order valence-electron chi connectivity index (χ4n) is 2.79. The lowest BCUT2D eigenvalue weighted by molar-refractivity contribution is 0.847. The Morgan fingerprint density at radius 1 is 1.00 bits per heavy atom. The van der Waals surface area contributed by atoms with E-state index in [1.165, 1.54) is 16.7 Å². The number of hydrogen-bond acceptors (Lipinski definition) is 5. The molecule has 2 aromatic heterocycles. The molecule has 2 heterocycles. The average molecular weight is 347 g/mol. The van der Waals surface area contributed by atoms with Crippen molar-refractivity contribution < 1.29 is 0 Å². The Balaban J connectivity index is 1.65. The Labute approximate surface area is 155 Å². The van der Waals surface area contributed by atoms with Crippen molar-refractivity contribution in [3.05, 3.63) is 77.4 Å². The van der Waals surface area contributed by atoms with E-state index >= 15 is 0 Å². The van der Waals surface area contributed by atoms with E-state index < -0.39 is 0 Å². The van der Waals surface area contributed by atoms with Gasteiger partial charge in [0.15, 0.2) is 0 Å². The normalized spacial score (nSPS) is 10.6. The summed E-state index contributed by atoms with van der Waals surface area (Å²) in [6.45, 7) is 5.70. The first-order valence-electron chi connectivity index (χ1n) is 8.86. The van der Waals surface area contributed by atoms with Crippen LogP contribution in [0.4, 0.5) is 11.6 Å². The van der Waals surface area contributed by atoms with Gasteiger partial charge in [0.1, 0.15) is 17.5 Å². The van der Waals surface area contributed by atoms with Gasteiger partial charge in [0.2, 0.25) is 0 Å². The monoisotopic (exact) mass is 347 g/mol. The van der Waals surface area contributed by atoms with Crippen molar-refractivity contribution in [2.75, 3.05) is 23.8 Å². The van der Waals surface area contributed by atoms with Gasteiger partial charge in [-0.25, -0.2) is 9.97 Å². The smallest absolute Gasteiger partial charge is 0.134 e. The third kappa shape index (κ3) is 4.79. The summed E-state index contributed by atoms with van der Waals surface area (Å²) < 4.78 is 0. The van der Waals surface area contributed by atoms with Crippen LogP contribution in [0.1, 0.15) is 22.5 Å². The number of aryl methyl sites for hydroxylation is 2. The number of pyridine rings is 1. The second-order valence-electron chi connectivity index (χ2n) is 6.47. The molecule has 0 aliphatic carbocycles. The van der Waals surface area contributed by atoms with Gasteiger partial charge in [-0.1, -0.05) is 24.3 Å². The van der Waals surface area contributed by atoms with Gasteiger partial charge in [0, 0.05) is 38.6 Å². The van der Waals surface area contributed by atoms with Gasteiger partial charge in [-0.15, -0.1) is 0 Å². The van der Waals surface area contributed by atoms with E-state index in [1.807, 2.05) is 37.5 Å². The molecule has 134 valence electrons. The second kappa shape index (κ2) is 8.43. The van der Waals surface area contributed by atoms with Crippen LogP contribution in [0.15, 0.2) is 54.9 Å². The Morgan fingerprint density at radius 3 is 2.54 bits per heavy atom. The minimum atomic E-state index is 0.753. The van der Waals surface area contributed by atoms with E-state index in [0.717, 1.165) is 37.0 Å². The highest BCUT2D eigenvalue weighted by Crippen LogP contribution is 2.17. The lowest BCUT2D eigenvalue weighted by Gasteiger charge is -2.19. The van der Waals surface area contributed by atoms with Crippen LogP contribution in [-0.4, -0.2) is 28.5 Å². The maximum absolute atomic E-state index is 4.58. The van der Waals surface area contributed by atoms with Crippen molar-refractivity contribution in [3.63, 3.8) is 0 Å². The molecule has 5 heteroatoms. The molecule has 0 saturated heterocycles. The van der Waals surface area contributed by atoms with Crippen LogP contribution in [0.3, 0.4) is 0 Å². The fourth-order valence-corrected chi connectivity index (χ4v) is 2.79. The number of nitrogens with one attached hydrogen (secondary N) is 1. The van der Waals surface area contributed by atoms with Crippen LogP contribution in [0, 0.1) is 13.8 Å². The summed E-state index contributed by atoms with van der Waals surface area (Å²) in [6, 6.07) is 14.5. The Hall–Kier alpha value is -2.95. The highest BCUT2D eigenvalue weighted by Gasteiger charge is 2.07. The van der Waals surface area contributed by atoms with Crippen LogP contribution in [0.2, 0.25) is 0 Å². The van der Waals surface area contributed by atoms with Crippen LogP contribution in [0.25, 0.3) is 0 Å². The third-order valence-corrected chi connectivity index (χ3v) is 4.42. The molecule has 0 bridgehead atoms. The molecule has 0 atom stereocenters. The van der Waals surface area contributed by atoms with Gasteiger partial charge >= 0.3 is 0 Å². The van der Waals surface area contributed by atoms with Crippen molar-refractivity contribution in [2.45, 2.75) is 26.8 Å². The van der Waals surface area contributed by atoms with Crippen LogP contribution in [-0.2, 0) is 13.0 Å². The van der Waals surface area contributed by atoms with Gasteiger partial charge < -0.3 is 10.2 Å². The highest BCUT2D eigenvalue weighted by atomic mass is 15.2. The molecule has 0 fully saturated rings. The SMILES string of the molecule is Cc1nc(NCc2ccccc2C)cc(N(C)CCc2ccncc2)n1. The Kier molecular flexibility index (Phi) is 5.79. The molecule has 0 amide bonds. The highest BCUT2D eigenvalue weighted by molar-refractivity contribution is 5.49. The lowest BCUT2D eigenvalue weighted by atomic mass is 10.1. The molecule has 26 heavy (non-hydrogen) atoms. The summed E-state index contributed by atoms with van der Waals surface area (Å²) in [5.41, 5.74) is 3.83. The number of likely N-dealkylation sites (N-methyl/N-ethyl adjacent to an activating group) is 1. The predicted octanol–water partition coefficient (Wildman–Crippen LogP) is 3.78. The van der Waals surface area contributed by atoms with Crippen molar-refractivity contribution in [2.24, 2.45) is 0 Å². The molecule has 0 radical (unpaired) electrons. The summed E-state index contributed by atoms with van der Waals surface area (Å²) in [5.74, 6) is 2.55. The van der Waals surface area contributed by atoms with Crippen molar-refractivity contribution in [1.82, 2.24) is 15.0 Å². The van der Waals surface area contributed by atoms with Crippen LogP contribution in [0.5, 0.6) is 0 Å². The molecular weight excluding hydrogens is 322 g/mol. The summed E-state index contributed by atoms with van der Waals surface area (Å²) in [4.78, 5) is 15.3. The molecule has 0 unspecified atom stereocenters. The van der Waals surface area contributed by atoms with E-state index in [2.05, 4.69) is 63.4 Å². The van der Waals surface area contributed by atoms with Gasteiger partial charge in [-0.2, -0.15) is 0 Å². The largest absolute Gasteiger partial charge is 0.366 e. The third-order valence-electron chi connectivity index (χ3n) is 4.42. The summed E-state index contributed by atoms with van der Waals surface area (Å²) in [5, 5.41) is 3.43. The number of rotatable bonds is 7. The number of nitrogens with zero attached hydrogens (tertiary/aromatic N) is 4. The number of anilines is 2. The molecule has 0 aliphatic rings. The zero-order valence-corrected chi connectivity index (χ0v) is 15.6. The van der Waals surface area contributed by atoms with E-state index in [1.54, 1.807) is 0 Å². The zero-order valence-electron chi connectivity index (χ0n) is 15.6. The van der Waals surface area contributed by atoms with Gasteiger partial charge in [-0.05, 0) is 49.1 Å². The van der Waals surface area contributed by atoms with Gasteiger partial charge in [0.25, 0.3) is 0 Å². The van der Waals surface area contributed by atoms with E-state index in [0.29, 0.717) is 0 Å². The van der Waals surface area contributed by atoms with E-state index in [9.17, 15) is 0 Å². The molecule has 0 aliphatic heterocycles.